The smallest absolute Gasteiger partial charge is 0.126 e. The highest BCUT2D eigenvalue weighted by Gasteiger charge is 2.41. The number of rotatable bonds is 12. The molecular weight excluding hydrogens is 532 g/mol. The van der Waals surface area contributed by atoms with Crippen molar-refractivity contribution in [1.82, 2.24) is 0 Å². The third kappa shape index (κ3) is 6.61. The van der Waals surface area contributed by atoms with E-state index in [9.17, 15) is 0 Å². The number of hydrogen-bond donors (Lipinski definition) is 1. The quantitative estimate of drug-likeness (QED) is 0.191. The minimum absolute atomic E-state index is 0.0143. The minimum atomic E-state index is 0.0143. The first-order valence-electron chi connectivity index (χ1n) is 18.3. The summed E-state index contributed by atoms with van der Waals surface area (Å²) in [5, 5.41) is 4.31. The zero-order valence-corrected chi connectivity index (χ0v) is 28.7. The van der Waals surface area contributed by atoms with E-state index in [1.165, 1.54) is 84.6 Å². The van der Waals surface area contributed by atoms with Crippen LogP contribution in [-0.2, 0) is 0 Å². The van der Waals surface area contributed by atoms with E-state index in [0.29, 0.717) is 23.7 Å². The van der Waals surface area contributed by atoms with Crippen molar-refractivity contribution >= 4 is 12.4 Å². The van der Waals surface area contributed by atoms with Crippen LogP contribution in [0.4, 0.5) is 5.69 Å². The molecule has 2 nitrogen and oxygen atoms in total. The van der Waals surface area contributed by atoms with Crippen molar-refractivity contribution in [3.63, 3.8) is 0 Å². The number of allylic oxidation sites excluding steroid dienone is 2. The van der Waals surface area contributed by atoms with Crippen molar-refractivity contribution in [2.24, 2.45) is 17.8 Å². The summed E-state index contributed by atoms with van der Waals surface area (Å²) >= 11 is 0. The number of fused-ring (bicyclic) bond motifs is 1. The minimum Gasteiger partial charge on any atom is -0.376 e. The van der Waals surface area contributed by atoms with Crippen molar-refractivity contribution in [3.05, 3.63) is 94.7 Å². The Labute approximate surface area is 270 Å². The van der Waals surface area contributed by atoms with E-state index in [4.69, 9.17) is 6.72 Å². The van der Waals surface area contributed by atoms with Gasteiger partial charge >= 0.3 is 0 Å². The predicted octanol–water partition coefficient (Wildman–Crippen LogP) is 12.1. The van der Waals surface area contributed by atoms with E-state index in [1.807, 2.05) is 0 Å². The molecule has 4 unspecified atom stereocenters. The van der Waals surface area contributed by atoms with Gasteiger partial charge in [0.25, 0.3) is 0 Å². The van der Waals surface area contributed by atoms with Gasteiger partial charge in [-0.1, -0.05) is 135 Å². The van der Waals surface area contributed by atoms with Crippen LogP contribution in [0.3, 0.4) is 0 Å². The summed E-state index contributed by atoms with van der Waals surface area (Å²) in [7, 11) is 0. The molecule has 2 saturated carbocycles. The number of nitrogens with one attached hydrogen (secondary N) is 1. The lowest BCUT2D eigenvalue weighted by Gasteiger charge is -2.45. The van der Waals surface area contributed by atoms with Crippen LogP contribution in [0.15, 0.2) is 66.4 Å². The molecule has 1 aliphatic heterocycles. The Kier molecular flexibility index (Phi) is 11.2. The second-order valence-corrected chi connectivity index (χ2v) is 14.2. The first kappa shape index (κ1) is 32.6. The summed E-state index contributed by atoms with van der Waals surface area (Å²) in [6, 6.07) is 17.7. The molecule has 4 atom stereocenters. The Bertz CT molecular complexity index is 1270. The molecule has 2 fully saturated rings. The van der Waals surface area contributed by atoms with Crippen molar-refractivity contribution in [2.45, 2.75) is 136 Å². The number of anilines is 1. The van der Waals surface area contributed by atoms with Gasteiger partial charge in [0, 0.05) is 11.6 Å². The summed E-state index contributed by atoms with van der Waals surface area (Å²) in [4.78, 5) is 0. The van der Waals surface area contributed by atoms with Crippen molar-refractivity contribution in [2.75, 3.05) is 5.32 Å². The highest BCUT2D eigenvalue weighted by atomic mass is 15.1. The summed E-state index contributed by atoms with van der Waals surface area (Å²) in [5.41, 5.74) is 8.42. The van der Waals surface area contributed by atoms with Gasteiger partial charge in [-0.2, -0.15) is 0 Å². The Hall–Kier alpha value is -2.74. The van der Waals surface area contributed by atoms with E-state index in [0.717, 1.165) is 37.5 Å². The van der Waals surface area contributed by atoms with Gasteiger partial charge in [0.15, 0.2) is 0 Å². The SMILES string of the molecule is C=[N+]1C(C(Nc2c(C(CC)CC)cccc2C(CC)CC)c2ccccc2C(C)C)=CC=C[C-]1C1CCCC2CCCCC21. The molecule has 0 bridgehead atoms. The third-order valence-electron chi connectivity index (χ3n) is 11.6. The molecule has 1 N–H and O–H groups in total. The van der Waals surface area contributed by atoms with E-state index in [-0.39, 0.29) is 6.04 Å². The molecule has 2 aromatic carbocycles. The molecule has 44 heavy (non-hydrogen) atoms. The first-order valence-corrected chi connectivity index (χ1v) is 18.3. The average Bonchev–Trinajstić information content (AvgIpc) is 3.05. The maximum Gasteiger partial charge on any atom is 0.126 e. The largest absolute Gasteiger partial charge is 0.376 e. The van der Waals surface area contributed by atoms with Crippen molar-refractivity contribution < 1.29 is 4.58 Å². The summed E-state index contributed by atoms with van der Waals surface area (Å²) < 4.78 is 2.37. The van der Waals surface area contributed by atoms with Crippen molar-refractivity contribution in [1.29, 1.82) is 0 Å². The maximum absolute atomic E-state index is 4.85. The number of hydrogen-bond acceptors (Lipinski definition) is 1. The monoisotopic (exact) mass is 592 g/mol. The standard InChI is InChI=1S/C42H60N2/c1-8-30(9-2)35-24-17-25-36(31(10-3)11-4)41(35)43-42(38-23-15-14-21-33(38)29(5)6)40-28-18-27-39(44(40)7)37-26-16-20-32-19-12-13-22-34(32)37/h14-15,17-18,21,23-25,27-32,34,37,42-43H,7-13,16,19-20,22,26H2,1-6H3. The van der Waals surface area contributed by atoms with Gasteiger partial charge < -0.3 is 5.32 Å². The molecule has 238 valence electrons. The third-order valence-corrected chi connectivity index (χ3v) is 11.6. The Morgan fingerprint density at radius 3 is 2.00 bits per heavy atom. The second kappa shape index (κ2) is 15.0. The van der Waals surface area contributed by atoms with Gasteiger partial charge in [0.1, 0.15) is 17.8 Å². The molecule has 0 amide bonds. The topological polar surface area (TPSA) is 15.0 Å². The highest BCUT2D eigenvalue weighted by Crippen LogP contribution is 2.50. The molecule has 2 heteroatoms. The zero-order valence-electron chi connectivity index (χ0n) is 28.7. The molecule has 0 saturated heterocycles. The van der Waals surface area contributed by atoms with E-state index in [1.54, 1.807) is 0 Å². The zero-order chi connectivity index (χ0) is 31.2. The molecule has 5 rings (SSSR count). The van der Waals surface area contributed by atoms with Crippen LogP contribution in [0.2, 0.25) is 0 Å². The molecule has 2 aliphatic carbocycles. The lowest BCUT2D eigenvalue weighted by Crippen LogP contribution is -2.39. The van der Waals surface area contributed by atoms with Crippen LogP contribution in [0.5, 0.6) is 0 Å². The van der Waals surface area contributed by atoms with Crippen LogP contribution in [0.25, 0.3) is 0 Å². The highest BCUT2D eigenvalue weighted by molar-refractivity contribution is 5.63. The van der Waals surface area contributed by atoms with Gasteiger partial charge in [-0.05, 0) is 83.9 Å². The number of benzene rings is 2. The van der Waals surface area contributed by atoms with Crippen LogP contribution < -0.4 is 5.32 Å². The summed E-state index contributed by atoms with van der Waals surface area (Å²) in [6.45, 7) is 18.9. The lowest BCUT2D eigenvalue weighted by molar-refractivity contribution is -0.463. The Morgan fingerprint density at radius 2 is 1.36 bits per heavy atom. The van der Waals surface area contributed by atoms with Crippen LogP contribution in [0.1, 0.15) is 158 Å². The molecule has 1 heterocycles. The summed E-state index contributed by atoms with van der Waals surface area (Å²) in [5.74, 6) is 3.84. The van der Waals surface area contributed by atoms with Crippen LogP contribution >= 0.6 is 0 Å². The normalized spacial score (nSPS) is 22.8. The predicted molar refractivity (Wildman–Crippen MR) is 191 cm³/mol. The average molecular weight is 593 g/mol. The van der Waals surface area contributed by atoms with E-state index < -0.39 is 0 Å². The lowest BCUT2D eigenvalue weighted by atomic mass is 9.63. The van der Waals surface area contributed by atoms with Gasteiger partial charge in [0.2, 0.25) is 0 Å². The fourth-order valence-corrected chi connectivity index (χ4v) is 9.10. The molecular formula is C42H60N2. The fourth-order valence-electron chi connectivity index (χ4n) is 9.10. The maximum atomic E-state index is 4.85. The van der Waals surface area contributed by atoms with Gasteiger partial charge in [-0.15, -0.1) is 6.08 Å². The molecule has 0 aromatic heterocycles. The molecule has 0 radical (unpaired) electrons. The fraction of sp³-hybridized carbons (Fsp3) is 0.571. The van der Waals surface area contributed by atoms with Crippen LogP contribution in [0, 0.1) is 23.8 Å². The van der Waals surface area contributed by atoms with Crippen LogP contribution in [-0.4, -0.2) is 11.3 Å². The van der Waals surface area contributed by atoms with E-state index >= 15 is 0 Å². The Balaban J connectivity index is 1.62. The first-order chi connectivity index (χ1) is 21.4. The molecule has 0 spiro atoms. The van der Waals surface area contributed by atoms with Gasteiger partial charge in [0.05, 0.1) is 6.72 Å². The Morgan fingerprint density at radius 1 is 0.773 bits per heavy atom. The second-order valence-electron chi connectivity index (χ2n) is 14.2. The molecule has 2 aromatic rings. The number of nitrogens with zero attached hydrogens (tertiary/aromatic N) is 1. The van der Waals surface area contributed by atoms with E-state index in [2.05, 4.69) is 112 Å². The number of para-hydroxylation sites is 1. The molecule has 3 aliphatic rings. The van der Waals surface area contributed by atoms with Gasteiger partial charge in [-0.25, -0.2) is 0 Å². The summed E-state index contributed by atoms with van der Waals surface area (Å²) in [6.07, 6.45) is 21.4. The van der Waals surface area contributed by atoms with Crippen molar-refractivity contribution in [3.8, 4) is 0 Å². The van der Waals surface area contributed by atoms with Gasteiger partial charge in [-0.3, -0.25) is 4.58 Å².